The van der Waals surface area contributed by atoms with Crippen molar-refractivity contribution in [3.05, 3.63) is 65.7 Å². The second kappa shape index (κ2) is 9.58. The van der Waals surface area contributed by atoms with Crippen LogP contribution in [0.25, 0.3) is 0 Å². The van der Waals surface area contributed by atoms with E-state index in [0.29, 0.717) is 17.7 Å². The van der Waals surface area contributed by atoms with Crippen molar-refractivity contribution in [1.82, 2.24) is 4.90 Å². The lowest BCUT2D eigenvalue weighted by Crippen LogP contribution is -2.30. The average molecular weight is 368 g/mol. The van der Waals surface area contributed by atoms with Gasteiger partial charge in [-0.1, -0.05) is 56.0 Å². The number of carbonyl (C=O) groups is 2. The van der Waals surface area contributed by atoms with Gasteiger partial charge in [-0.15, -0.1) is 11.8 Å². The van der Waals surface area contributed by atoms with Gasteiger partial charge < -0.3 is 0 Å². The van der Waals surface area contributed by atoms with E-state index in [-0.39, 0.29) is 11.8 Å². The van der Waals surface area contributed by atoms with Crippen molar-refractivity contribution >= 4 is 23.6 Å². The van der Waals surface area contributed by atoms with Crippen LogP contribution in [0.15, 0.2) is 59.5 Å². The zero-order chi connectivity index (χ0) is 18.2. The zero-order valence-electron chi connectivity index (χ0n) is 15.0. The molecule has 0 unspecified atom stereocenters. The quantitative estimate of drug-likeness (QED) is 0.320. The largest absolute Gasteiger partial charge is 0.274 e. The van der Waals surface area contributed by atoms with Crippen molar-refractivity contribution < 1.29 is 9.59 Å². The fourth-order valence-corrected chi connectivity index (χ4v) is 4.16. The third-order valence-electron chi connectivity index (χ3n) is 4.67. The van der Waals surface area contributed by atoms with Crippen LogP contribution in [0, 0.1) is 0 Å². The van der Waals surface area contributed by atoms with Gasteiger partial charge in [-0.25, -0.2) is 0 Å². The Morgan fingerprint density at radius 1 is 0.654 bits per heavy atom. The fourth-order valence-electron chi connectivity index (χ4n) is 3.23. The predicted molar refractivity (Wildman–Crippen MR) is 107 cm³/mol. The molecule has 0 saturated heterocycles. The Morgan fingerprint density at radius 2 is 1.19 bits per heavy atom. The molecular weight excluding hydrogens is 342 g/mol. The van der Waals surface area contributed by atoms with Gasteiger partial charge in [0.15, 0.2) is 0 Å². The van der Waals surface area contributed by atoms with E-state index in [1.54, 1.807) is 12.1 Å². The number of hydrogen-bond acceptors (Lipinski definition) is 3. The number of carbonyl (C=O) groups excluding carboxylic acids is 2. The van der Waals surface area contributed by atoms with Crippen molar-refractivity contribution in [2.45, 2.75) is 43.4 Å². The van der Waals surface area contributed by atoms with Gasteiger partial charge in [-0.05, 0) is 42.9 Å². The molecule has 1 heterocycles. The Balaban J connectivity index is 1.25. The molecule has 3 rings (SSSR count). The Hall–Kier alpha value is -2.07. The normalized spacial score (nSPS) is 13.3. The summed E-state index contributed by atoms with van der Waals surface area (Å²) in [5.41, 5.74) is 1.10. The molecule has 0 atom stereocenters. The summed E-state index contributed by atoms with van der Waals surface area (Å²) >= 11 is 1.92. The number of thioether (sulfide) groups is 1. The second-order valence-electron chi connectivity index (χ2n) is 6.59. The first-order valence-electron chi connectivity index (χ1n) is 9.40. The molecule has 2 amide bonds. The minimum Gasteiger partial charge on any atom is -0.274 e. The minimum atomic E-state index is -0.136. The van der Waals surface area contributed by atoms with Gasteiger partial charge in [-0.2, -0.15) is 0 Å². The van der Waals surface area contributed by atoms with Gasteiger partial charge >= 0.3 is 0 Å². The monoisotopic (exact) mass is 367 g/mol. The van der Waals surface area contributed by atoms with E-state index >= 15 is 0 Å². The molecule has 0 aromatic heterocycles. The summed E-state index contributed by atoms with van der Waals surface area (Å²) in [6.07, 6.45) is 6.82. The molecule has 136 valence electrons. The van der Waals surface area contributed by atoms with Crippen LogP contribution < -0.4 is 0 Å². The summed E-state index contributed by atoms with van der Waals surface area (Å²) in [7, 11) is 0. The highest BCUT2D eigenvalue weighted by molar-refractivity contribution is 7.99. The highest BCUT2D eigenvalue weighted by atomic mass is 32.2. The Bertz CT molecular complexity index is 710. The summed E-state index contributed by atoms with van der Waals surface area (Å²) in [6.45, 7) is 0.538. The topological polar surface area (TPSA) is 37.4 Å². The first-order valence-corrected chi connectivity index (χ1v) is 10.4. The van der Waals surface area contributed by atoms with Crippen LogP contribution in [-0.2, 0) is 0 Å². The standard InChI is InChI=1S/C22H25NO2S/c24-21-19-14-8-9-15-20(19)22(25)23(21)16-10-3-1-2-4-11-17-26-18-12-6-5-7-13-18/h5-9,12-15H,1-4,10-11,16-17H2. The van der Waals surface area contributed by atoms with Gasteiger partial charge in [0.1, 0.15) is 0 Å². The molecule has 0 fully saturated rings. The average Bonchev–Trinajstić information content (AvgIpc) is 2.92. The van der Waals surface area contributed by atoms with Crippen molar-refractivity contribution in [3.63, 3.8) is 0 Å². The highest BCUT2D eigenvalue weighted by Gasteiger charge is 2.34. The number of nitrogens with zero attached hydrogens (tertiary/aromatic N) is 1. The molecule has 0 spiro atoms. The van der Waals surface area contributed by atoms with Crippen LogP contribution in [0.5, 0.6) is 0 Å². The van der Waals surface area contributed by atoms with Crippen molar-refractivity contribution in [2.24, 2.45) is 0 Å². The number of rotatable bonds is 10. The number of benzene rings is 2. The maximum absolute atomic E-state index is 12.3. The summed E-state index contributed by atoms with van der Waals surface area (Å²) in [4.78, 5) is 27.3. The van der Waals surface area contributed by atoms with Crippen LogP contribution in [0.1, 0.15) is 59.2 Å². The van der Waals surface area contributed by atoms with Crippen LogP contribution >= 0.6 is 11.8 Å². The number of unbranched alkanes of at least 4 members (excludes halogenated alkanes) is 5. The first kappa shape index (κ1) is 18.7. The Kier molecular flexibility index (Phi) is 6.89. The van der Waals surface area contributed by atoms with Gasteiger partial charge in [-0.3, -0.25) is 14.5 Å². The smallest absolute Gasteiger partial charge is 0.261 e. The Labute approximate surface area is 159 Å². The van der Waals surface area contributed by atoms with Gasteiger partial charge in [0.2, 0.25) is 0 Å². The highest BCUT2D eigenvalue weighted by Crippen LogP contribution is 2.23. The third kappa shape index (κ3) is 4.76. The van der Waals surface area contributed by atoms with Crippen LogP contribution in [0.3, 0.4) is 0 Å². The van der Waals surface area contributed by atoms with Gasteiger partial charge in [0, 0.05) is 11.4 Å². The molecule has 0 saturated carbocycles. The molecule has 1 aliphatic heterocycles. The molecule has 4 heteroatoms. The molecule has 1 aliphatic rings. The molecule has 0 radical (unpaired) electrons. The predicted octanol–water partition coefficient (Wildman–Crippen LogP) is 5.42. The summed E-state index contributed by atoms with van der Waals surface area (Å²) in [5, 5.41) is 0. The van der Waals surface area contributed by atoms with Crippen LogP contribution in [0.4, 0.5) is 0 Å². The molecule has 26 heavy (non-hydrogen) atoms. The molecule has 2 aromatic carbocycles. The lowest BCUT2D eigenvalue weighted by molar-refractivity contribution is 0.0651. The molecule has 0 aliphatic carbocycles. The lowest BCUT2D eigenvalue weighted by Gasteiger charge is -2.13. The molecule has 0 N–H and O–H groups in total. The van der Waals surface area contributed by atoms with Crippen molar-refractivity contribution in [3.8, 4) is 0 Å². The van der Waals surface area contributed by atoms with E-state index in [1.165, 1.54) is 41.2 Å². The summed E-state index contributed by atoms with van der Waals surface area (Å²) in [5.74, 6) is 0.894. The molecule has 3 nitrogen and oxygen atoms in total. The van der Waals surface area contributed by atoms with Crippen LogP contribution in [-0.4, -0.2) is 29.0 Å². The first-order chi connectivity index (χ1) is 12.8. The van der Waals surface area contributed by atoms with Crippen molar-refractivity contribution in [1.29, 1.82) is 0 Å². The molecular formula is C22H25NO2S. The SMILES string of the molecule is O=C1c2ccccc2C(=O)N1CCCCCCCCSc1ccccc1. The lowest BCUT2D eigenvalue weighted by atomic mass is 10.1. The molecule has 0 bridgehead atoms. The number of fused-ring (bicyclic) bond motifs is 1. The van der Waals surface area contributed by atoms with E-state index < -0.39 is 0 Å². The number of hydrogen-bond donors (Lipinski definition) is 0. The van der Waals surface area contributed by atoms with E-state index in [9.17, 15) is 9.59 Å². The fraction of sp³-hybridized carbons (Fsp3) is 0.364. The zero-order valence-corrected chi connectivity index (χ0v) is 15.8. The van der Waals surface area contributed by atoms with E-state index in [1.807, 2.05) is 30.0 Å². The molecule has 2 aromatic rings. The number of amides is 2. The third-order valence-corrected chi connectivity index (χ3v) is 5.76. The second-order valence-corrected chi connectivity index (χ2v) is 7.76. The van der Waals surface area contributed by atoms with E-state index in [0.717, 1.165) is 12.8 Å². The van der Waals surface area contributed by atoms with Crippen molar-refractivity contribution in [2.75, 3.05) is 12.3 Å². The number of imide groups is 1. The van der Waals surface area contributed by atoms with Crippen LogP contribution in [0.2, 0.25) is 0 Å². The van der Waals surface area contributed by atoms with E-state index in [4.69, 9.17) is 0 Å². The van der Waals surface area contributed by atoms with Gasteiger partial charge in [0.05, 0.1) is 11.1 Å². The maximum atomic E-state index is 12.3. The van der Waals surface area contributed by atoms with Gasteiger partial charge in [0.25, 0.3) is 11.8 Å². The van der Waals surface area contributed by atoms with E-state index in [2.05, 4.69) is 24.3 Å². The Morgan fingerprint density at radius 3 is 1.85 bits per heavy atom. The summed E-state index contributed by atoms with van der Waals surface area (Å²) in [6, 6.07) is 17.6. The summed E-state index contributed by atoms with van der Waals surface area (Å²) < 4.78 is 0. The maximum Gasteiger partial charge on any atom is 0.261 e. The minimum absolute atomic E-state index is 0.136.